The lowest BCUT2D eigenvalue weighted by Gasteiger charge is -2.38. The smallest absolute Gasteiger partial charge is 0.269 e. The van der Waals surface area contributed by atoms with Crippen molar-refractivity contribution in [3.63, 3.8) is 0 Å². The number of anilines is 1. The van der Waals surface area contributed by atoms with Gasteiger partial charge >= 0.3 is 0 Å². The van der Waals surface area contributed by atoms with Crippen LogP contribution in [-0.2, 0) is 0 Å². The van der Waals surface area contributed by atoms with Crippen molar-refractivity contribution in [2.24, 2.45) is 21.5 Å². The second kappa shape index (κ2) is 6.68. The SMILES string of the molecule is CC1(C)N=C(N)N=C(N)N1c1ccc(Sc2ccc([N+](=O)[O-])cc2)cc1. The van der Waals surface area contributed by atoms with E-state index < -0.39 is 10.6 Å². The van der Waals surface area contributed by atoms with E-state index >= 15 is 0 Å². The van der Waals surface area contributed by atoms with Crippen LogP contribution in [0.1, 0.15) is 13.8 Å². The highest BCUT2D eigenvalue weighted by molar-refractivity contribution is 7.99. The second-order valence-corrected chi connectivity index (χ2v) is 7.26. The minimum Gasteiger partial charge on any atom is -0.369 e. The number of aliphatic imine (C=N–C) groups is 2. The molecule has 9 heteroatoms. The summed E-state index contributed by atoms with van der Waals surface area (Å²) >= 11 is 1.51. The Morgan fingerprint density at radius 2 is 1.58 bits per heavy atom. The van der Waals surface area contributed by atoms with Crippen LogP contribution >= 0.6 is 11.8 Å². The zero-order valence-electron chi connectivity index (χ0n) is 14.3. The number of hydrogen-bond acceptors (Lipinski definition) is 8. The molecule has 0 aliphatic carbocycles. The van der Waals surface area contributed by atoms with Crippen LogP contribution in [0.15, 0.2) is 68.3 Å². The molecule has 2 aromatic rings. The van der Waals surface area contributed by atoms with E-state index in [-0.39, 0.29) is 11.6 Å². The van der Waals surface area contributed by atoms with Crippen LogP contribution in [0, 0.1) is 10.1 Å². The Morgan fingerprint density at radius 3 is 2.08 bits per heavy atom. The van der Waals surface area contributed by atoms with E-state index in [1.165, 1.54) is 23.9 Å². The lowest BCUT2D eigenvalue weighted by molar-refractivity contribution is -0.384. The molecule has 0 fully saturated rings. The maximum absolute atomic E-state index is 10.7. The van der Waals surface area contributed by atoms with E-state index in [1.807, 2.05) is 43.0 Å². The molecule has 0 saturated carbocycles. The van der Waals surface area contributed by atoms with Gasteiger partial charge < -0.3 is 11.5 Å². The van der Waals surface area contributed by atoms with Crippen molar-refractivity contribution in [3.8, 4) is 0 Å². The molecular formula is C17H18N6O2S. The molecule has 0 bridgehead atoms. The normalized spacial score (nSPS) is 16.0. The van der Waals surface area contributed by atoms with Crippen LogP contribution in [0.2, 0.25) is 0 Å². The lowest BCUT2D eigenvalue weighted by Crippen LogP contribution is -2.54. The maximum Gasteiger partial charge on any atom is 0.269 e. The van der Waals surface area contributed by atoms with Gasteiger partial charge in [0.25, 0.3) is 5.69 Å². The van der Waals surface area contributed by atoms with Crippen molar-refractivity contribution < 1.29 is 4.92 Å². The van der Waals surface area contributed by atoms with E-state index in [9.17, 15) is 10.1 Å². The monoisotopic (exact) mass is 370 g/mol. The summed E-state index contributed by atoms with van der Waals surface area (Å²) in [4.78, 5) is 22.4. The fraction of sp³-hybridized carbons (Fsp3) is 0.176. The van der Waals surface area contributed by atoms with E-state index in [2.05, 4.69) is 9.98 Å². The Bertz CT molecular complexity index is 890. The summed E-state index contributed by atoms with van der Waals surface area (Å²) in [6, 6.07) is 14.2. The molecule has 1 heterocycles. The molecule has 1 aliphatic rings. The summed E-state index contributed by atoms with van der Waals surface area (Å²) in [5.74, 6) is 0.451. The number of non-ortho nitro benzene ring substituents is 1. The number of nitrogens with two attached hydrogens (primary N) is 2. The number of hydrogen-bond donors (Lipinski definition) is 2. The van der Waals surface area contributed by atoms with Crippen molar-refractivity contribution in [3.05, 3.63) is 58.6 Å². The highest BCUT2D eigenvalue weighted by Gasteiger charge is 2.32. The molecule has 2 aromatic carbocycles. The van der Waals surface area contributed by atoms with E-state index in [1.54, 1.807) is 12.1 Å². The molecule has 1 aliphatic heterocycles. The summed E-state index contributed by atoms with van der Waals surface area (Å²) in [5.41, 5.74) is 12.0. The van der Waals surface area contributed by atoms with Gasteiger partial charge in [0.05, 0.1) is 4.92 Å². The highest BCUT2D eigenvalue weighted by atomic mass is 32.2. The third kappa shape index (κ3) is 3.62. The van der Waals surface area contributed by atoms with E-state index in [4.69, 9.17) is 11.5 Å². The van der Waals surface area contributed by atoms with Gasteiger partial charge in [0.15, 0.2) is 0 Å². The molecule has 0 amide bonds. The predicted octanol–water partition coefficient (Wildman–Crippen LogP) is 2.93. The molecule has 0 aromatic heterocycles. The zero-order chi connectivity index (χ0) is 18.9. The third-order valence-electron chi connectivity index (χ3n) is 3.77. The summed E-state index contributed by atoms with van der Waals surface area (Å²) in [6.45, 7) is 3.81. The Morgan fingerprint density at radius 1 is 1.04 bits per heavy atom. The topological polar surface area (TPSA) is 123 Å². The van der Waals surface area contributed by atoms with Crippen molar-refractivity contribution >= 4 is 35.1 Å². The van der Waals surface area contributed by atoms with Gasteiger partial charge in [-0.3, -0.25) is 15.0 Å². The largest absolute Gasteiger partial charge is 0.369 e. The first kappa shape index (κ1) is 17.7. The van der Waals surface area contributed by atoms with Crippen LogP contribution in [0.4, 0.5) is 11.4 Å². The molecular weight excluding hydrogens is 352 g/mol. The van der Waals surface area contributed by atoms with Gasteiger partial charge in [0.2, 0.25) is 11.9 Å². The summed E-state index contributed by atoms with van der Waals surface area (Å²) in [5, 5.41) is 10.7. The molecule has 0 saturated heterocycles. The van der Waals surface area contributed by atoms with E-state index in [0.717, 1.165) is 15.5 Å². The Hall–Kier alpha value is -3.07. The van der Waals surface area contributed by atoms with Crippen LogP contribution in [0.5, 0.6) is 0 Å². The standard InChI is InChI=1S/C17H18N6O2S/c1-17(2)21-15(18)20-16(19)22(17)11-3-7-13(8-4-11)26-14-9-5-12(6-10-14)23(24)25/h3-10H,1-2H3,(H4,18,19,20,21). The maximum atomic E-state index is 10.7. The lowest BCUT2D eigenvalue weighted by atomic mass is 10.1. The first-order valence-corrected chi connectivity index (χ1v) is 8.60. The minimum absolute atomic E-state index is 0.0756. The Balaban J connectivity index is 1.78. The highest BCUT2D eigenvalue weighted by Crippen LogP contribution is 2.32. The molecule has 134 valence electrons. The van der Waals surface area contributed by atoms with Gasteiger partial charge in [0.1, 0.15) is 5.66 Å². The van der Waals surface area contributed by atoms with Gasteiger partial charge in [-0.1, -0.05) is 11.8 Å². The molecule has 0 unspecified atom stereocenters. The first-order valence-electron chi connectivity index (χ1n) is 7.78. The summed E-state index contributed by atoms with van der Waals surface area (Å²) in [6.07, 6.45) is 0. The van der Waals surface area contributed by atoms with Crippen molar-refractivity contribution in [1.29, 1.82) is 0 Å². The van der Waals surface area contributed by atoms with Crippen molar-refractivity contribution in [2.75, 3.05) is 4.90 Å². The third-order valence-corrected chi connectivity index (χ3v) is 4.79. The van der Waals surface area contributed by atoms with Crippen LogP contribution in [-0.4, -0.2) is 22.5 Å². The number of guanidine groups is 2. The number of nitro groups is 1. The first-order chi connectivity index (χ1) is 12.3. The van der Waals surface area contributed by atoms with Gasteiger partial charge in [-0.15, -0.1) is 0 Å². The average molecular weight is 370 g/mol. The summed E-state index contributed by atoms with van der Waals surface area (Å²) < 4.78 is 0. The second-order valence-electron chi connectivity index (χ2n) is 6.12. The zero-order valence-corrected chi connectivity index (χ0v) is 15.1. The van der Waals surface area contributed by atoms with Crippen molar-refractivity contribution in [1.82, 2.24) is 0 Å². The fourth-order valence-corrected chi connectivity index (χ4v) is 3.50. The molecule has 0 radical (unpaired) electrons. The van der Waals surface area contributed by atoms with Crippen LogP contribution < -0.4 is 16.4 Å². The molecule has 0 atom stereocenters. The number of rotatable bonds is 4. The molecule has 26 heavy (non-hydrogen) atoms. The number of benzene rings is 2. The van der Waals surface area contributed by atoms with Gasteiger partial charge in [-0.05, 0) is 50.2 Å². The summed E-state index contributed by atoms with van der Waals surface area (Å²) in [7, 11) is 0. The number of nitrogens with zero attached hydrogens (tertiary/aromatic N) is 4. The average Bonchev–Trinajstić information content (AvgIpc) is 2.55. The van der Waals surface area contributed by atoms with Crippen LogP contribution in [0.3, 0.4) is 0 Å². The fourth-order valence-electron chi connectivity index (χ4n) is 2.69. The molecule has 3 rings (SSSR count). The quantitative estimate of drug-likeness (QED) is 0.630. The Labute approximate surface area is 154 Å². The van der Waals surface area contributed by atoms with Gasteiger partial charge in [0, 0.05) is 27.6 Å². The van der Waals surface area contributed by atoms with Crippen molar-refractivity contribution in [2.45, 2.75) is 29.3 Å². The predicted molar refractivity (Wildman–Crippen MR) is 103 cm³/mol. The van der Waals surface area contributed by atoms with Gasteiger partial charge in [-0.2, -0.15) is 4.99 Å². The van der Waals surface area contributed by atoms with Crippen LogP contribution in [0.25, 0.3) is 0 Å². The molecule has 8 nitrogen and oxygen atoms in total. The minimum atomic E-state index is -0.636. The molecule has 0 spiro atoms. The number of nitro benzene ring substituents is 1. The molecule has 4 N–H and O–H groups in total. The van der Waals surface area contributed by atoms with Gasteiger partial charge in [-0.25, -0.2) is 4.99 Å². The van der Waals surface area contributed by atoms with E-state index in [0.29, 0.717) is 5.96 Å². The Kier molecular flexibility index (Phi) is 4.56.